The van der Waals surface area contributed by atoms with Crippen molar-refractivity contribution in [2.24, 2.45) is 5.14 Å². The lowest BCUT2D eigenvalue weighted by Gasteiger charge is -2.48. The van der Waals surface area contributed by atoms with Crippen LogP contribution in [0.2, 0.25) is 0 Å². The van der Waals surface area contributed by atoms with Crippen molar-refractivity contribution < 1.29 is 22.7 Å². The average molecular weight is 320 g/mol. The number of carbonyl (C=O) groups excluding carboxylic acids is 1. The van der Waals surface area contributed by atoms with E-state index in [1.165, 1.54) is 0 Å². The Balaban J connectivity index is 1.91. The highest BCUT2D eigenvalue weighted by Gasteiger charge is 2.56. The van der Waals surface area contributed by atoms with Crippen LogP contribution < -0.4 is 5.14 Å². The molecule has 21 heavy (non-hydrogen) atoms. The third-order valence-corrected chi connectivity index (χ3v) is 4.70. The van der Waals surface area contributed by atoms with Gasteiger partial charge in [-0.05, 0) is 40.5 Å². The largest absolute Gasteiger partial charge is 0.444 e. The molecule has 1 atom stereocenters. The molecular weight excluding hydrogens is 296 g/mol. The van der Waals surface area contributed by atoms with E-state index >= 15 is 0 Å². The highest BCUT2D eigenvalue weighted by molar-refractivity contribution is 7.89. The molecule has 1 amide bonds. The summed E-state index contributed by atoms with van der Waals surface area (Å²) in [4.78, 5) is 13.5. The van der Waals surface area contributed by atoms with Gasteiger partial charge in [-0.1, -0.05) is 0 Å². The fourth-order valence-electron chi connectivity index (χ4n) is 2.97. The van der Waals surface area contributed by atoms with Crippen molar-refractivity contribution in [2.45, 2.75) is 57.3 Å². The highest BCUT2D eigenvalue weighted by atomic mass is 32.2. The van der Waals surface area contributed by atoms with Gasteiger partial charge in [0.15, 0.2) is 0 Å². The van der Waals surface area contributed by atoms with Crippen molar-refractivity contribution >= 4 is 16.1 Å². The first-order chi connectivity index (χ1) is 9.32. The number of nitrogens with zero attached hydrogens (tertiary/aromatic N) is 1. The standard InChI is InChI=1S/C13H24N2O5S/c1-11(2,3)19-10(16)15-7-13(8-15)6-5-12(4,20-13)9-21(14,17)18/h5-9H2,1-4H3,(H2,14,17,18). The molecule has 2 saturated heterocycles. The normalized spacial score (nSPS) is 28.5. The van der Waals surface area contributed by atoms with Gasteiger partial charge in [0.25, 0.3) is 0 Å². The number of rotatable bonds is 2. The number of hydrogen-bond acceptors (Lipinski definition) is 5. The van der Waals surface area contributed by atoms with Crippen LogP contribution in [0.15, 0.2) is 0 Å². The number of amides is 1. The Morgan fingerprint density at radius 3 is 2.38 bits per heavy atom. The molecule has 0 bridgehead atoms. The van der Waals surface area contributed by atoms with Crippen molar-refractivity contribution in [2.75, 3.05) is 18.8 Å². The lowest BCUT2D eigenvalue weighted by Crippen LogP contribution is -2.64. The fourth-order valence-corrected chi connectivity index (χ4v) is 4.03. The molecule has 2 heterocycles. The van der Waals surface area contributed by atoms with Crippen molar-refractivity contribution in [1.82, 2.24) is 4.90 Å². The molecule has 7 nitrogen and oxygen atoms in total. The van der Waals surface area contributed by atoms with Crippen LogP contribution in [0.1, 0.15) is 40.5 Å². The van der Waals surface area contributed by atoms with Gasteiger partial charge in [0.1, 0.15) is 11.2 Å². The third-order valence-electron chi connectivity index (χ3n) is 3.69. The van der Waals surface area contributed by atoms with Gasteiger partial charge in [-0.2, -0.15) is 0 Å². The van der Waals surface area contributed by atoms with Crippen LogP contribution in [-0.2, 0) is 19.5 Å². The first-order valence-electron chi connectivity index (χ1n) is 7.00. The van der Waals surface area contributed by atoms with Crippen molar-refractivity contribution in [3.8, 4) is 0 Å². The molecule has 0 saturated carbocycles. The van der Waals surface area contributed by atoms with E-state index in [1.54, 1.807) is 11.8 Å². The van der Waals surface area contributed by atoms with Crippen LogP contribution in [0.4, 0.5) is 4.79 Å². The molecule has 2 N–H and O–H groups in total. The molecule has 0 radical (unpaired) electrons. The summed E-state index contributed by atoms with van der Waals surface area (Å²) in [5.41, 5.74) is -1.75. The third kappa shape index (κ3) is 4.08. The lowest BCUT2D eigenvalue weighted by molar-refractivity contribution is -0.155. The molecule has 8 heteroatoms. The predicted octanol–water partition coefficient (Wildman–Crippen LogP) is 0.834. The first kappa shape index (κ1) is 16.5. The molecule has 0 aromatic heterocycles. The summed E-state index contributed by atoms with van der Waals surface area (Å²) in [6.07, 6.45) is 0.973. The van der Waals surface area contributed by atoms with Gasteiger partial charge in [0.05, 0.1) is 24.4 Å². The smallest absolute Gasteiger partial charge is 0.410 e. The summed E-state index contributed by atoms with van der Waals surface area (Å²) in [7, 11) is -3.58. The maximum Gasteiger partial charge on any atom is 0.410 e. The number of ether oxygens (including phenoxy) is 2. The van der Waals surface area contributed by atoms with Crippen LogP contribution >= 0.6 is 0 Å². The summed E-state index contributed by atoms with van der Waals surface area (Å²) in [5.74, 6) is -0.200. The number of carbonyl (C=O) groups is 1. The zero-order valence-electron chi connectivity index (χ0n) is 13.0. The van der Waals surface area contributed by atoms with E-state index in [9.17, 15) is 13.2 Å². The Bertz CT molecular complexity index is 533. The molecule has 1 unspecified atom stereocenters. The summed E-state index contributed by atoms with van der Waals surface area (Å²) in [6, 6.07) is 0. The Labute approximate surface area is 125 Å². The minimum Gasteiger partial charge on any atom is -0.444 e. The van der Waals surface area contributed by atoms with Crippen molar-refractivity contribution in [3.63, 3.8) is 0 Å². The Hall–Kier alpha value is -0.860. The van der Waals surface area contributed by atoms with E-state index in [0.29, 0.717) is 19.5 Å². The van der Waals surface area contributed by atoms with Crippen LogP contribution in [0, 0.1) is 0 Å². The summed E-state index contributed by atoms with van der Waals surface area (Å²) >= 11 is 0. The quantitative estimate of drug-likeness (QED) is 0.812. The second-order valence-electron chi connectivity index (χ2n) is 7.38. The minimum atomic E-state index is -3.58. The summed E-state index contributed by atoms with van der Waals surface area (Å²) < 4.78 is 33.7. The SMILES string of the molecule is CC(C)(C)OC(=O)N1CC2(CCC(C)(CS(N)(=O)=O)O2)C1. The van der Waals surface area contributed by atoms with Crippen molar-refractivity contribution in [1.29, 1.82) is 0 Å². The average Bonchev–Trinajstić information content (AvgIpc) is 2.48. The zero-order valence-corrected chi connectivity index (χ0v) is 13.8. The van der Waals surface area contributed by atoms with Crippen LogP contribution in [0.3, 0.4) is 0 Å². The molecule has 2 fully saturated rings. The van der Waals surface area contributed by atoms with Crippen LogP contribution in [0.5, 0.6) is 0 Å². The Kier molecular flexibility index (Phi) is 3.79. The molecule has 0 aromatic carbocycles. The molecule has 2 aliphatic heterocycles. The molecule has 2 rings (SSSR count). The van der Waals surface area contributed by atoms with Gasteiger partial charge in [-0.15, -0.1) is 0 Å². The maximum absolute atomic E-state index is 11.9. The Morgan fingerprint density at radius 1 is 1.33 bits per heavy atom. The predicted molar refractivity (Wildman–Crippen MR) is 77.2 cm³/mol. The molecule has 1 spiro atoms. The molecule has 122 valence electrons. The summed E-state index contributed by atoms with van der Waals surface area (Å²) in [6.45, 7) is 8.06. The van der Waals surface area contributed by atoms with E-state index < -0.39 is 26.8 Å². The van der Waals surface area contributed by atoms with Gasteiger partial charge in [0, 0.05) is 0 Å². The van der Waals surface area contributed by atoms with Gasteiger partial charge < -0.3 is 14.4 Å². The molecule has 0 aliphatic carbocycles. The van der Waals surface area contributed by atoms with E-state index in [4.69, 9.17) is 14.6 Å². The number of likely N-dealkylation sites (tertiary alicyclic amines) is 1. The van der Waals surface area contributed by atoms with Gasteiger partial charge in [-0.25, -0.2) is 18.4 Å². The topological polar surface area (TPSA) is 98.9 Å². The van der Waals surface area contributed by atoms with Crippen LogP contribution in [-0.4, -0.2) is 55.1 Å². The van der Waals surface area contributed by atoms with E-state index in [0.717, 1.165) is 6.42 Å². The highest BCUT2D eigenvalue weighted by Crippen LogP contribution is 2.44. The maximum atomic E-state index is 11.9. The fraction of sp³-hybridized carbons (Fsp3) is 0.923. The number of sulfonamides is 1. The Morgan fingerprint density at radius 2 is 1.90 bits per heavy atom. The first-order valence-corrected chi connectivity index (χ1v) is 8.72. The molecule has 0 aromatic rings. The second-order valence-corrected chi connectivity index (χ2v) is 8.99. The van der Waals surface area contributed by atoms with E-state index in [2.05, 4.69) is 0 Å². The monoisotopic (exact) mass is 320 g/mol. The van der Waals surface area contributed by atoms with Gasteiger partial charge in [-0.3, -0.25) is 0 Å². The molecule has 2 aliphatic rings. The number of hydrogen-bond donors (Lipinski definition) is 1. The van der Waals surface area contributed by atoms with E-state index in [-0.39, 0.29) is 11.8 Å². The minimum absolute atomic E-state index is 0.200. The van der Waals surface area contributed by atoms with Crippen LogP contribution in [0.25, 0.3) is 0 Å². The number of nitrogens with two attached hydrogens (primary N) is 1. The van der Waals surface area contributed by atoms with Gasteiger partial charge >= 0.3 is 6.09 Å². The van der Waals surface area contributed by atoms with Gasteiger partial charge in [0.2, 0.25) is 10.0 Å². The summed E-state index contributed by atoms with van der Waals surface area (Å²) in [5, 5.41) is 5.10. The van der Waals surface area contributed by atoms with E-state index in [1.807, 2.05) is 20.8 Å². The second kappa shape index (κ2) is 4.82. The number of primary sulfonamides is 1. The molecular formula is C13H24N2O5S. The van der Waals surface area contributed by atoms with Crippen molar-refractivity contribution in [3.05, 3.63) is 0 Å². The lowest BCUT2D eigenvalue weighted by atomic mass is 9.90. The zero-order chi connectivity index (χ0) is 16.1.